The third-order valence-corrected chi connectivity index (χ3v) is 20.5. The molecule has 8 aromatic carbocycles. The summed E-state index contributed by atoms with van der Waals surface area (Å²) in [5.41, 5.74) is 9.15. The summed E-state index contributed by atoms with van der Waals surface area (Å²) in [6.45, 7) is 0. The number of hydrogen-bond donors (Lipinski definition) is 0. The Balaban J connectivity index is 0.000000214. The Morgan fingerprint density at radius 1 is 0.170 bits per heavy atom. The van der Waals surface area contributed by atoms with E-state index in [2.05, 4.69) is 48.6 Å². The molecule has 0 aliphatic rings. The first-order valence-electron chi connectivity index (χ1n) is 26.8. The van der Waals surface area contributed by atoms with Gasteiger partial charge in [0.2, 0.25) is 0 Å². The quantitative estimate of drug-likeness (QED) is 0.0519. The van der Waals surface area contributed by atoms with Crippen LogP contribution in [0, 0.1) is 90.6 Å². The third-order valence-electron chi connectivity index (χ3n) is 11.4. The van der Waals surface area contributed by atoms with Crippen LogP contribution in [-0.4, -0.2) is 0 Å². The van der Waals surface area contributed by atoms with Crippen molar-refractivity contribution in [1.29, 1.82) is 42.1 Å². The number of thioether (sulfide) groups is 8. The van der Waals surface area contributed by atoms with Crippen LogP contribution >= 0.6 is 94.1 Å². The second-order valence-electron chi connectivity index (χ2n) is 17.7. The Bertz CT molecular complexity index is 3100. The van der Waals surface area contributed by atoms with E-state index in [9.17, 15) is 42.1 Å². The van der Waals surface area contributed by atoms with Crippen LogP contribution in [0.1, 0.15) is 44.5 Å². The van der Waals surface area contributed by atoms with Gasteiger partial charge in [-0.1, -0.05) is 243 Å². The van der Waals surface area contributed by atoms with E-state index in [1.165, 1.54) is 94.1 Å². The Morgan fingerprint density at radius 2 is 0.261 bits per heavy atom. The first kappa shape index (κ1) is 70.2. The lowest BCUT2D eigenvalue weighted by Gasteiger charge is -2.04. The zero-order valence-corrected chi connectivity index (χ0v) is 54.1. The number of nitriles is 8. The highest BCUT2D eigenvalue weighted by molar-refractivity contribution is 8.07. The molecule has 0 heterocycles. The van der Waals surface area contributed by atoms with Gasteiger partial charge in [-0.15, -0.1) is 94.1 Å². The smallest absolute Gasteiger partial charge is 0.109 e. The predicted octanol–water partition coefficient (Wildman–Crippen LogP) is 20.4. The summed E-state index contributed by atoms with van der Waals surface area (Å²) in [4.78, 5) is 3.94. The summed E-state index contributed by atoms with van der Waals surface area (Å²) < 4.78 is 0. The summed E-state index contributed by atoms with van der Waals surface area (Å²) >= 11 is 11.3. The third kappa shape index (κ3) is 27.9. The maximum atomic E-state index is 9.31. The molecule has 0 aliphatic carbocycles. The SMILES string of the molecule is N#C/C(SCc1ccccc1)=C(\C#N)SCc1ccccc1.N#C/C(SCc1ccccc1)=C(\C#N)SCc1ccccc1.N#C/C(SCc1ccccc1)=C(\C#N)SCc1ccccc1.N#C/C(SCc1ccccc1)=C(\C#N)SCc1ccccc1. The highest BCUT2D eigenvalue weighted by atomic mass is 32.2. The number of allylic oxidation sites excluding steroid dienone is 8. The van der Waals surface area contributed by atoms with E-state index in [1.54, 1.807) is 0 Å². The molecule has 0 atom stereocenters. The molecule has 8 rings (SSSR count). The van der Waals surface area contributed by atoms with Crippen LogP contribution in [-0.2, 0) is 46.0 Å². The fraction of sp³-hybridized carbons (Fsp3) is 0.111. The molecule has 8 nitrogen and oxygen atoms in total. The molecule has 0 N–H and O–H groups in total. The summed E-state index contributed by atoms with van der Waals surface area (Å²) in [6, 6.07) is 96.9. The van der Waals surface area contributed by atoms with Crippen molar-refractivity contribution in [3.63, 3.8) is 0 Å². The molecule has 0 spiro atoms. The van der Waals surface area contributed by atoms with Crippen LogP contribution in [0.2, 0.25) is 0 Å². The Hall–Kier alpha value is -8.56. The molecule has 88 heavy (non-hydrogen) atoms. The van der Waals surface area contributed by atoms with Gasteiger partial charge in [0.05, 0.1) is 0 Å². The second-order valence-corrected chi connectivity index (χ2v) is 25.6. The van der Waals surface area contributed by atoms with Crippen molar-refractivity contribution >= 4 is 94.1 Å². The van der Waals surface area contributed by atoms with Crippen molar-refractivity contribution < 1.29 is 0 Å². The fourth-order valence-electron chi connectivity index (χ4n) is 7.03. The van der Waals surface area contributed by atoms with Gasteiger partial charge in [0, 0.05) is 46.0 Å². The zero-order valence-electron chi connectivity index (χ0n) is 47.6. The number of nitrogens with zero attached hydrogens (tertiary/aromatic N) is 8. The van der Waals surface area contributed by atoms with Crippen LogP contribution in [0.3, 0.4) is 0 Å². The number of benzene rings is 8. The van der Waals surface area contributed by atoms with E-state index >= 15 is 0 Å². The maximum Gasteiger partial charge on any atom is 0.109 e. The zero-order chi connectivity index (χ0) is 62.5. The van der Waals surface area contributed by atoms with Crippen LogP contribution in [0.5, 0.6) is 0 Å². The van der Waals surface area contributed by atoms with E-state index in [1.807, 2.05) is 243 Å². The molecule has 0 bridgehead atoms. The molecular formula is C72H56N8S8. The maximum absolute atomic E-state index is 9.31. The largest absolute Gasteiger partial charge is 0.192 e. The first-order valence-corrected chi connectivity index (χ1v) is 34.7. The van der Waals surface area contributed by atoms with Crippen molar-refractivity contribution in [2.45, 2.75) is 46.0 Å². The molecule has 0 aliphatic heterocycles. The summed E-state index contributed by atoms with van der Waals surface area (Å²) in [5.74, 6) is 5.56. The van der Waals surface area contributed by atoms with E-state index < -0.39 is 0 Å². The Morgan fingerprint density at radius 3 is 0.341 bits per heavy atom. The molecule has 0 amide bonds. The van der Waals surface area contributed by atoms with Crippen molar-refractivity contribution in [3.8, 4) is 48.6 Å². The molecule has 432 valence electrons. The van der Waals surface area contributed by atoms with Crippen LogP contribution in [0.4, 0.5) is 0 Å². The minimum atomic E-state index is 0.493. The van der Waals surface area contributed by atoms with Crippen molar-refractivity contribution in [2.75, 3.05) is 0 Å². The monoisotopic (exact) mass is 1290 g/mol. The van der Waals surface area contributed by atoms with Gasteiger partial charge in [-0.05, 0) is 44.5 Å². The fourth-order valence-corrected chi connectivity index (χ4v) is 14.4. The van der Waals surface area contributed by atoms with Crippen LogP contribution in [0.15, 0.2) is 282 Å². The summed E-state index contributed by atoms with van der Waals surface area (Å²) in [7, 11) is 0. The molecule has 0 saturated heterocycles. The van der Waals surface area contributed by atoms with Gasteiger partial charge < -0.3 is 0 Å². The van der Waals surface area contributed by atoms with Gasteiger partial charge in [0.25, 0.3) is 0 Å². The lowest BCUT2D eigenvalue weighted by Crippen LogP contribution is -1.86. The standard InChI is InChI=1S/4C18H14N2S2/c4*19-11-17(21-13-15-7-3-1-4-8-15)18(12-20)22-14-16-9-5-2-6-10-16/h4*1-10H,13-14H2/b4*18-17-. The molecule has 0 saturated carbocycles. The van der Waals surface area contributed by atoms with Crippen LogP contribution in [0.25, 0.3) is 0 Å². The second kappa shape index (κ2) is 44.0. The normalized spacial score (nSPS) is 11.2. The van der Waals surface area contributed by atoms with E-state index in [4.69, 9.17) is 0 Å². The summed E-state index contributed by atoms with van der Waals surface area (Å²) in [6.07, 6.45) is 0. The van der Waals surface area contributed by atoms with Crippen LogP contribution < -0.4 is 0 Å². The van der Waals surface area contributed by atoms with E-state index in [0.717, 1.165) is 44.5 Å². The molecule has 0 unspecified atom stereocenters. The van der Waals surface area contributed by atoms with Gasteiger partial charge in [0.1, 0.15) is 87.8 Å². The number of rotatable bonds is 24. The number of hydrogen-bond acceptors (Lipinski definition) is 16. The lowest BCUT2D eigenvalue weighted by atomic mass is 10.2. The van der Waals surface area contributed by atoms with Gasteiger partial charge >= 0.3 is 0 Å². The Kier molecular flexibility index (Phi) is 35.1. The van der Waals surface area contributed by atoms with Gasteiger partial charge in [0.15, 0.2) is 0 Å². The van der Waals surface area contributed by atoms with Crippen molar-refractivity contribution in [2.24, 2.45) is 0 Å². The molecule has 0 radical (unpaired) electrons. The van der Waals surface area contributed by atoms with E-state index in [0.29, 0.717) is 85.3 Å². The molecule has 0 fully saturated rings. The van der Waals surface area contributed by atoms with Gasteiger partial charge in [-0.2, -0.15) is 42.1 Å². The average molecular weight is 1290 g/mol. The molecular weight excluding hydrogens is 1230 g/mol. The van der Waals surface area contributed by atoms with Gasteiger partial charge in [-0.3, -0.25) is 0 Å². The topological polar surface area (TPSA) is 190 Å². The van der Waals surface area contributed by atoms with E-state index in [-0.39, 0.29) is 0 Å². The highest BCUT2D eigenvalue weighted by Crippen LogP contribution is 2.35. The van der Waals surface area contributed by atoms with Gasteiger partial charge in [-0.25, -0.2) is 0 Å². The highest BCUT2D eigenvalue weighted by Gasteiger charge is 2.13. The predicted molar refractivity (Wildman–Crippen MR) is 375 cm³/mol. The molecule has 16 heteroatoms. The molecule has 0 aromatic heterocycles. The minimum absolute atomic E-state index is 0.493. The summed E-state index contributed by atoms with van der Waals surface area (Å²) in [5, 5.41) is 74.5. The Labute approximate surface area is 552 Å². The average Bonchev–Trinajstić information content (AvgIpc) is 3.69. The first-order chi connectivity index (χ1) is 43.3. The van der Waals surface area contributed by atoms with Crippen molar-refractivity contribution in [1.82, 2.24) is 0 Å². The molecule has 8 aromatic rings. The lowest BCUT2D eigenvalue weighted by molar-refractivity contribution is 1.41. The van der Waals surface area contributed by atoms with Crippen molar-refractivity contribution in [3.05, 3.63) is 326 Å². The minimum Gasteiger partial charge on any atom is -0.192 e.